The van der Waals surface area contributed by atoms with Crippen molar-refractivity contribution in [3.63, 3.8) is 0 Å². The van der Waals surface area contributed by atoms with Crippen LogP contribution in [0.3, 0.4) is 0 Å². The molecule has 1 radical (unpaired) electrons. The van der Waals surface area contributed by atoms with E-state index in [0.29, 0.717) is 19.3 Å². The minimum absolute atomic E-state index is 0. The van der Waals surface area contributed by atoms with Crippen molar-refractivity contribution in [3.8, 4) is 0 Å². The van der Waals surface area contributed by atoms with Gasteiger partial charge < -0.3 is 15.5 Å². The first-order chi connectivity index (χ1) is 17.4. The molecule has 0 saturated heterocycles. The minimum atomic E-state index is -4.13. The van der Waals surface area contributed by atoms with Gasteiger partial charge in [-0.25, -0.2) is 0 Å². The maximum atomic E-state index is 12.2. The van der Waals surface area contributed by atoms with E-state index in [1.54, 1.807) is 0 Å². The summed E-state index contributed by atoms with van der Waals surface area (Å²) in [5.41, 5.74) is -1.00. The largest absolute Gasteiger partial charge is 0.393 e. The van der Waals surface area contributed by atoms with E-state index in [1.807, 2.05) is 6.92 Å². The van der Waals surface area contributed by atoms with Gasteiger partial charge >= 0.3 is 0 Å². The summed E-state index contributed by atoms with van der Waals surface area (Å²) in [7, 11) is -4.13. The van der Waals surface area contributed by atoms with Gasteiger partial charge in [-0.15, -0.1) is 0 Å². The molecule has 4 fully saturated rings. The molecular weight excluding hydrogens is 477 g/mol. The fourth-order valence-electron chi connectivity index (χ4n) is 8.44. The van der Waals surface area contributed by atoms with E-state index < -0.39 is 52.2 Å². The van der Waals surface area contributed by atoms with E-state index in [-0.39, 0.29) is 89.9 Å². The van der Waals surface area contributed by atoms with Crippen molar-refractivity contribution in [2.75, 3.05) is 12.3 Å². The number of aliphatic hydroxyl groups is 2. The second-order valence-electron chi connectivity index (χ2n) is 11.9. The van der Waals surface area contributed by atoms with Crippen LogP contribution in [-0.4, -0.2) is 83.2 Å². The first-order valence-corrected chi connectivity index (χ1v) is 14.5. The Balaban J connectivity index is 0.00000420. The maximum Gasteiger partial charge on any atom is 0.266 e. The Hall–Kier alpha value is 0.300. The fourth-order valence-corrected chi connectivity index (χ4v) is 8.80. The van der Waals surface area contributed by atoms with Gasteiger partial charge in [0.25, 0.3) is 10.1 Å². The smallest absolute Gasteiger partial charge is 0.266 e. The molecule has 0 aromatic rings. The number of rotatable bonds is 7. The molecule has 4 N–H and O–H groups in total. The Morgan fingerprint density at radius 1 is 1.17 bits per heavy atom. The zero-order valence-electron chi connectivity index (χ0n) is 25.7. The third-order valence-electron chi connectivity index (χ3n) is 10.3. The molecular formula is C26H45NNaO6S. The monoisotopic (exact) mass is 526 g/mol. The van der Waals surface area contributed by atoms with Crippen LogP contribution in [0, 0.1) is 46.3 Å². The number of carbonyl (C=O) groups is 1. The molecule has 9 heteroatoms. The molecule has 4 aliphatic carbocycles. The molecule has 0 bridgehead atoms. The van der Waals surface area contributed by atoms with Crippen LogP contribution < -0.4 is 5.32 Å². The Morgan fingerprint density at radius 3 is 2.57 bits per heavy atom. The minimum Gasteiger partial charge on any atom is -0.393 e. The van der Waals surface area contributed by atoms with Gasteiger partial charge in [0.15, 0.2) is 0 Å². The average molecular weight is 527 g/mol. The number of hydrogen-bond donors (Lipinski definition) is 4. The number of fused-ring (bicyclic) bond motifs is 5. The van der Waals surface area contributed by atoms with Crippen LogP contribution in [0.15, 0.2) is 0 Å². The second kappa shape index (κ2) is 11.2. The van der Waals surface area contributed by atoms with Gasteiger partial charge in [0.05, 0.1) is 18.0 Å². The van der Waals surface area contributed by atoms with Gasteiger partial charge in [0.2, 0.25) is 5.91 Å². The van der Waals surface area contributed by atoms with Gasteiger partial charge in [-0.1, -0.05) is 20.8 Å². The molecule has 4 rings (SSSR count). The summed E-state index contributed by atoms with van der Waals surface area (Å²) < 4.78 is 64.8. The topological polar surface area (TPSA) is 124 Å². The SMILES string of the molecule is [2H]C1([2H])C[C@@]2(C)[C@H](CC[C@@H]3[C@@H]2C[C@H](O)[C@]2(C)[C@@H]([C@H](C)CCC(=O)NCCS(=O)(=O)O)CC[C@@H]32)C([2H])([2H])[C@@H]1O.[Na]. The van der Waals surface area contributed by atoms with Crippen molar-refractivity contribution in [1.29, 1.82) is 0 Å². The normalized spacial score (nSPS) is 48.3. The van der Waals surface area contributed by atoms with Gasteiger partial charge in [-0.05, 0) is 104 Å². The number of nitrogens with one attached hydrogen (secondary N) is 1. The summed E-state index contributed by atoms with van der Waals surface area (Å²) in [6.45, 7) is 6.12. The molecule has 0 spiro atoms. The van der Waals surface area contributed by atoms with Gasteiger partial charge in [-0.2, -0.15) is 8.42 Å². The van der Waals surface area contributed by atoms with Crippen molar-refractivity contribution in [2.45, 2.75) is 97.1 Å². The van der Waals surface area contributed by atoms with E-state index in [9.17, 15) is 23.4 Å². The number of carbonyl (C=O) groups excluding carboxylic acids is 1. The van der Waals surface area contributed by atoms with Crippen LogP contribution in [0.25, 0.3) is 0 Å². The third kappa shape index (κ3) is 5.84. The van der Waals surface area contributed by atoms with E-state index >= 15 is 0 Å². The number of amides is 1. The van der Waals surface area contributed by atoms with Gasteiger partial charge in [0.1, 0.15) is 0 Å². The molecule has 1 amide bonds. The van der Waals surface area contributed by atoms with E-state index in [1.165, 1.54) is 0 Å². The fraction of sp³-hybridized carbons (Fsp3) is 0.962. The van der Waals surface area contributed by atoms with Crippen LogP contribution in [0.1, 0.15) is 90.4 Å². The van der Waals surface area contributed by atoms with Crippen molar-refractivity contribution in [2.24, 2.45) is 46.3 Å². The van der Waals surface area contributed by atoms with Crippen LogP contribution in [0.4, 0.5) is 0 Å². The van der Waals surface area contributed by atoms with Gasteiger partial charge in [-0.3, -0.25) is 9.35 Å². The predicted molar refractivity (Wildman–Crippen MR) is 136 cm³/mol. The third-order valence-corrected chi connectivity index (χ3v) is 11.0. The molecule has 4 aliphatic rings. The predicted octanol–water partition coefficient (Wildman–Crippen LogP) is 3.02. The summed E-state index contributed by atoms with van der Waals surface area (Å²) in [5.74, 6) is -0.418. The molecule has 7 nitrogen and oxygen atoms in total. The van der Waals surface area contributed by atoms with Crippen molar-refractivity contribution in [1.82, 2.24) is 5.32 Å². The molecule has 0 aromatic heterocycles. The van der Waals surface area contributed by atoms with Gasteiger partial charge in [0, 0.05) is 48.0 Å². The summed E-state index contributed by atoms with van der Waals surface area (Å²) >= 11 is 0. The van der Waals surface area contributed by atoms with Crippen molar-refractivity contribution in [3.05, 3.63) is 0 Å². The Morgan fingerprint density at radius 2 is 1.89 bits per heavy atom. The molecule has 35 heavy (non-hydrogen) atoms. The summed E-state index contributed by atoms with van der Waals surface area (Å²) in [6.07, 6.45) is -1.64. The number of hydrogen-bond acceptors (Lipinski definition) is 5. The van der Waals surface area contributed by atoms with Crippen LogP contribution in [0.2, 0.25) is 0 Å². The summed E-state index contributed by atoms with van der Waals surface area (Å²) in [4.78, 5) is 12.2. The van der Waals surface area contributed by atoms with Crippen molar-refractivity contribution >= 4 is 45.6 Å². The molecule has 197 valence electrons. The Labute approximate surface area is 239 Å². The summed E-state index contributed by atoms with van der Waals surface area (Å²) in [5, 5.41) is 24.8. The van der Waals surface area contributed by atoms with Crippen LogP contribution in [-0.2, 0) is 14.9 Å². The first-order valence-electron chi connectivity index (χ1n) is 14.9. The van der Waals surface area contributed by atoms with Crippen LogP contribution in [0.5, 0.6) is 0 Å². The molecule has 0 heterocycles. The second-order valence-corrected chi connectivity index (χ2v) is 13.5. The quantitative estimate of drug-likeness (QED) is 0.299. The standard InChI is InChI=1S/C26H45NO6S.Na/c1-16(4-9-24(30)27-12-13-34(31,32)33)20-7-8-21-19-6-5-17-14-18(28)10-11-25(17,2)22(19)15-23(29)26(20,21)3;/h16-23,28-29H,4-15H2,1-3H3,(H,27,30)(H,31,32,33);/t16-,17-,18-,19+,20-,21+,22+,23+,25+,26-;/m1./s1/i10D2,14D2;. The van der Waals surface area contributed by atoms with Crippen LogP contribution >= 0.6 is 0 Å². The Kier molecular flexibility index (Phi) is 7.78. The van der Waals surface area contributed by atoms with E-state index in [4.69, 9.17) is 10.0 Å². The molecule has 0 unspecified atom stereocenters. The first kappa shape index (κ1) is 24.3. The average Bonchev–Trinajstić information content (AvgIpc) is 3.14. The van der Waals surface area contributed by atoms with Crippen molar-refractivity contribution < 1.29 is 33.5 Å². The number of aliphatic hydroxyl groups excluding tert-OH is 2. The molecule has 0 aromatic carbocycles. The zero-order valence-corrected chi connectivity index (χ0v) is 24.5. The molecule has 4 saturated carbocycles. The Bertz CT molecular complexity index is 1030. The molecule has 0 aliphatic heterocycles. The summed E-state index contributed by atoms with van der Waals surface area (Å²) in [6, 6.07) is 0. The molecule has 10 atom stereocenters. The maximum absolute atomic E-state index is 12.2. The zero-order chi connectivity index (χ0) is 28.5. The van der Waals surface area contributed by atoms with E-state index in [0.717, 1.165) is 19.3 Å². The van der Waals surface area contributed by atoms with E-state index in [2.05, 4.69) is 19.2 Å².